The van der Waals surface area contributed by atoms with E-state index in [1.807, 2.05) is 62.5 Å². The Balaban J connectivity index is 1.50. The first-order valence-electron chi connectivity index (χ1n) is 9.47. The van der Waals surface area contributed by atoms with Crippen LogP contribution in [0.4, 0.5) is 0 Å². The number of carbonyl (C=O) groups is 1. The summed E-state index contributed by atoms with van der Waals surface area (Å²) in [5.41, 5.74) is 2.48. The Hall–Kier alpha value is -3.55. The van der Waals surface area contributed by atoms with Gasteiger partial charge in [0.05, 0.1) is 6.42 Å². The highest BCUT2D eigenvalue weighted by atomic mass is 16.5. The number of aromatic nitrogens is 5. The van der Waals surface area contributed by atoms with Crippen molar-refractivity contribution in [2.75, 3.05) is 7.05 Å². The van der Waals surface area contributed by atoms with Crippen LogP contribution in [0, 0.1) is 0 Å². The van der Waals surface area contributed by atoms with Crippen LogP contribution in [0.1, 0.15) is 37.0 Å². The summed E-state index contributed by atoms with van der Waals surface area (Å²) in [5.74, 6) is 1.86. The van der Waals surface area contributed by atoms with Gasteiger partial charge in [-0.1, -0.05) is 49.3 Å². The molecule has 3 heterocycles. The van der Waals surface area contributed by atoms with E-state index in [2.05, 4.69) is 20.3 Å². The van der Waals surface area contributed by atoms with Crippen molar-refractivity contribution in [3.8, 4) is 11.5 Å². The van der Waals surface area contributed by atoms with E-state index >= 15 is 0 Å². The molecule has 3 aromatic heterocycles. The molecule has 0 spiro atoms. The fourth-order valence-corrected chi connectivity index (χ4v) is 3.00. The smallest absolute Gasteiger partial charge is 0.258 e. The number of amides is 1. The number of benzene rings is 1. The summed E-state index contributed by atoms with van der Waals surface area (Å²) in [5, 5.41) is 12.4. The first-order valence-corrected chi connectivity index (χ1v) is 9.47. The first-order chi connectivity index (χ1) is 14.0. The van der Waals surface area contributed by atoms with E-state index in [0.29, 0.717) is 29.7 Å². The summed E-state index contributed by atoms with van der Waals surface area (Å²) < 4.78 is 7.14. The minimum Gasteiger partial charge on any atom is -0.341 e. The second-order valence-electron chi connectivity index (χ2n) is 7.28. The molecule has 4 aromatic rings. The molecule has 8 heteroatoms. The molecule has 0 N–H and O–H groups in total. The predicted molar refractivity (Wildman–Crippen MR) is 107 cm³/mol. The molecular weight excluding hydrogens is 368 g/mol. The van der Waals surface area contributed by atoms with Gasteiger partial charge in [0.25, 0.3) is 5.89 Å². The second kappa shape index (κ2) is 7.83. The molecule has 148 valence electrons. The van der Waals surface area contributed by atoms with Gasteiger partial charge in [0.15, 0.2) is 11.5 Å². The summed E-state index contributed by atoms with van der Waals surface area (Å²) in [6.07, 6.45) is 1.99. The maximum Gasteiger partial charge on any atom is 0.258 e. The van der Waals surface area contributed by atoms with Crippen LogP contribution in [-0.2, 0) is 17.8 Å². The molecule has 1 aromatic carbocycles. The van der Waals surface area contributed by atoms with E-state index < -0.39 is 0 Å². The second-order valence-corrected chi connectivity index (χ2v) is 7.28. The molecule has 0 saturated carbocycles. The number of fused-ring (bicyclic) bond motifs is 1. The topological polar surface area (TPSA) is 89.4 Å². The van der Waals surface area contributed by atoms with Crippen molar-refractivity contribution in [2.45, 2.75) is 32.7 Å². The Morgan fingerprint density at radius 2 is 1.97 bits per heavy atom. The van der Waals surface area contributed by atoms with E-state index in [4.69, 9.17) is 4.52 Å². The number of hydrogen-bond acceptors (Lipinski definition) is 6. The van der Waals surface area contributed by atoms with Crippen LogP contribution in [0.25, 0.3) is 17.1 Å². The molecule has 8 nitrogen and oxygen atoms in total. The molecule has 0 saturated heterocycles. The third-order valence-corrected chi connectivity index (χ3v) is 4.68. The quantitative estimate of drug-likeness (QED) is 0.503. The number of likely N-dealkylation sites (N-methyl/N-ethyl adjacent to an activating group) is 1. The Morgan fingerprint density at radius 3 is 2.69 bits per heavy atom. The largest absolute Gasteiger partial charge is 0.341 e. The van der Waals surface area contributed by atoms with Gasteiger partial charge in [0.2, 0.25) is 5.91 Å². The van der Waals surface area contributed by atoms with E-state index in [1.165, 1.54) is 0 Å². The number of rotatable bonds is 6. The van der Waals surface area contributed by atoms with Gasteiger partial charge in [-0.25, -0.2) is 0 Å². The van der Waals surface area contributed by atoms with Crippen LogP contribution < -0.4 is 0 Å². The van der Waals surface area contributed by atoms with Crippen molar-refractivity contribution in [1.29, 1.82) is 0 Å². The van der Waals surface area contributed by atoms with E-state index in [9.17, 15) is 4.79 Å². The SMILES string of the molecule is CC(C)c1noc(-c2ccn3c(CC(=O)N(C)Cc4ccccc4)nnc3c2)n1. The van der Waals surface area contributed by atoms with Crippen molar-refractivity contribution < 1.29 is 9.32 Å². The van der Waals surface area contributed by atoms with Crippen molar-refractivity contribution >= 4 is 11.6 Å². The molecule has 0 fully saturated rings. The number of hydrogen-bond donors (Lipinski definition) is 0. The molecule has 0 aliphatic heterocycles. The average molecular weight is 390 g/mol. The third kappa shape index (κ3) is 4.01. The first kappa shape index (κ1) is 18.8. The third-order valence-electron chi connectivity index (χ3n) is 4.68. The van der Waals surface area contributed by atoms with E-state index in [1.54, 1.807) is 16.3 Å². The van der Waals surface area contributed by atoms with Crippen LogP contribution >= 0.6 is 0 Å². The van der Waals surface area contributed by atoms with Gasteiger partial charge in [-0.2, -0.15) is 4.98 Å². The van der Waals surface area contributed by atoms with Crippen LogP contribution in [0.3, 0.4) is 0 Å². The molecule has 0 radical (unpaired) electrons. The van der Waals surface area contributed by atoms with Gasteiger partial charge in [-0.15, -0.1) is 10.2 Å². The Labute approximate surface area is 168 Å². The van der Waals surface area contributed by atoms with Gasteiger partial charge in [-0.05, 0) is 17.7 Å². The standard InChI is InChI=1S/C21H22N6O2/c1-14(2)20-22-21(29-25-20)16-9-10-27-17(11-16)23-24-18(27)12-19(28)26(3)13-15-7-5-4-6-8-15/h4-11,14H,12-13H2,1-3H3. The van der Waals surface area contributed by atoms with Crippen LogP contribution in [0.2, 0.25) is 0 Å². The molecule has 29 heavy (non-hydrogen) atoms. The summed E-state index contributed by atoms with van der Waals surface area (Å²) in [4.78, 5) is 18.7. The summed E-state index contributed by atoms with van der Waals surface area (Å²) in [6.45, 7) is 4.57. The fourth-order valence-electron chi connectivity index (χ4n) is 3.00. The maximum atomic E-state index is 12.6. The summed E-state index contributed by atoms with van der Waals surface area (Å²) in [7, 11) is 1.79. The summed E-state index contributed by atoms with van der Waals surface area (Å²) >= 11 is 0. The minimum atomic E-state index is -0.0225. The van der Waals surface area contributed by atoms with Gasteiger partial charge in [0, 0.05) is 31.3 Å². The van der Waals surface area contributed by atoms with E-state index in [-0.39, 0.29) is 18.2 Å². The normalized spacial score (nSPS) is 11.3. The van der Waals surface area contributed by atoms with Gasteiger partial charge in [-0.3, -0.25) is 9.20 Å². The minimum absolute atomic E-state index is 0.0225. The van der Waals surface area contributed by atoms with Crippen molar-refractivity contribution in [3.05, 3.63) is 65.9 Å². The Kier molecular flexibility index (Phi) is 5.07. The number of pyridine rings is 1. The fraction of sp³-hybridized carbons (Fsp3) is 0.286. The molecule has 4 rings (SSSR count). The monoisotopic (exact) mass is 390 g/mol. The zero-order valence-electron chi connectivity index (χ0n) is 16.6. The molecule has 1 amide bonds. The van der Waals surface area contributed by atoms with Crippen molar-refractivity contribution in [2.24, 2.45) is 0 Å². The molecular formula is C21H22N6O2. The molecule has 0 aliphatic rings. The highest BCUT2D eigenvalue weighted by Crippen LogP contribution is 2.21. The van der Waals surface area contributed by atoms with Crippen molar-refractivity contribution in [1.82, 2.24) is 29.6 Å². The lowest BCUT2D eigenvalue weighted by Gasteiger charge is -2.16. The maximum absolute atomic E-state index is 12.6. The van der Waals surface area contributed by atoms with E-state index in [0.717, 1.165) is 11.1 Å². The predicted octanol–water partition coefficient (Wildman–Crippen LogP) is 3.10. The Bertz CT molecular complexity index is 1130. The highest BCUT2D eigenvalue weighted by Gasteiger charge is 2.17. The average Bonchev–Trinajstić information content (AvgIpc) is 3.36. The lowest BCUT2D eigenvalue weighted by atomic mass is 10.2. The highest BCUT2D eigenvalue weighted by molar-refractivity contribution is 5.78. The molecule has 0 atom stereocenters. The zero-order chi connectivity index (χ0) is 20.4. The molecule has 0 bridgehead atoms. The lowest BCUT2D eigenvalue weighted by molar-refractivity contribution is -0.129. The van der Waals surface area contributed by atoms with Gasteiger partial charge >= 0.3 is 0 Å². The number of nitrogens with zero attached hydrogens (tertiary/aromatic N) is 6. The van der Waals surface area contributed by atoms with Crippen molar-refractivity contribution in [3.63, 3.8) is 0 Å². The van der Waals surface area contributed by atoms with Crippen LogP contribution in [0.15, 0.2) is 53.2 Å². The zero-order valence-corrected chi connectivity index (χ0v) is 16.6. The molecule has 0 unspecified atom stereocenters. The number of carbonyl (C=O) groups excluding carboxylic acids is 1. The Morgan fingerprint density at radius 1 is 1.17 bits per heavy atom. The summed E-state index contributed by atoms with van der Waals surface area (Å²) in [6, 6.07) is 13.6. The van der Waals surface area contributed by atoms with Gasteiger partial charge in [0.1, 0.15) is 5.82 Å². The van der Waals surface area contributed by atoms with Gasteiger partial charge < -0.3 is 9.42 Å². The lowest BCUT2D eigenvalue weighted by Crippen LogP contribution is -2.28. The van der Waals surface area contributed by atoms with Crippen LogP contribution in [-0.4, -0.2) is 42.6 Å². The van der Waals surface area contributed by atoms with Crippen LogP contribution in [0.5, 0.6) is 0 Å². The molecule has 0 aliphatic carbocycles.